The summed E-state index contributed by atoms with van der Waals surface area (Å²) in [4.78, 5) is 0. The first kappa shape index (κ1) is 12.9. The van der Waals surface area contributed by atoms with Gasteiger partial charge in [0.1, 0.15) is 11.5 Å². The minimum Gasteiger partial charge on any atom is -0.508 e. The number of nitrogens with one attached hydrogen (secondary N) is 1. The summed E-state index contributed by atoms with van der Waals surface area (Å²) >= 11 is 0. The second-order valence-electron chi connectivity index (χ2n) is 5.20. The van der Waals surface area contributed by atoms with Crippen LogP contribution in [-0.4, -0.2) is 12.2 Å². The minimum atomic E-state index is 0.292. The highest BCUT2D eigenvalue weighted by Crippen LogP contribution is 2.34. The van der Waals surface area contributed by atoms with Crippen LogP contribution in [0.25, 0.3) is 0 Å². The molecule has 1 aliphatic rings. The van der Waals surface area contributed by atoms with Crippen molar-refractivity contribution in [2.24, 2.45) is 0 Å². The van der Waals surface area contributed by atoms with Crippen LogP contribution in [0.3, 0.4) is 0 Å². The monoisotopic (exact) mass is 269 g/mol. The molecule has 2 N–H and O–H groups in total. The number of fused-ring (bicyclic) bond motifs is 1. The molecule has 1 unspecified atom stereocenters. The van der Waals surface area contributed by atoms with E-state index in [1.54, 1.807) is 19.2 Å². The van der Waals surface area contributed by atoms with Crippen LogP contribution in [-0.2, 0) is 6.42 Å². The summed E-state index contributed by atoms with van der Waals surface area (Å²) in [5.41, 5.74) is 3.65. The number of hydrogen-bond acceptors (Lipinski definition) is 3. The molecule has 2 aromatic carbocycles. The molecule has 1 atom stereocenters. The molecule has 1 aliphatic carbocycles. The van der Waals surface area contributed by atoms with Gasteiger partial charge in [0, 0.05) is 11.8 Å². The Hall–Kier alpha value is -2.16. The third kappa shape index (κ3) is 2.57. The summed E-state index contributed by atoms with van der Waals surface area (Å²) < 4.78 is 5.30. The summed E-state index contributed by atoms with van der Waals surface area (Å²) in [6, 6.07) is 13.9. The maximum Gasteiger partial charge on any atom is 0.119 e. The van der Waals surface area contributed by atoms with Crippen LogP contribution in [0.1, 0.15) is 30.0 Å². The first-order valence-corrected chi connectivity index (χ1v) is 6.98. The van der Waals surface area contributed by atoms with E-state index in [1.807, 2.05) is 18.2 Å². The number of methoxy groups -OCH3 is 1. The van der Waals surface area contributed by atoms with Crippen LogP contribution in [0.2, 0.25) is 0 Å². The van der Waals surface area contributed by atoms with E-state index >= 15 is 0 Å². The summed E-state index contributed by atoms with van der Waals surface area (Å²) in [7, 11) is 1.70. The molecule has 0 aromatic heterocycles. The molecule has 3 heteroatoms. The van der Waals surface area contributed by atoms with Gasteiger partial charge in [-0.3, -0.25) is 0 Å². The van der Waals surface area contributed by atoms with E-state index in [9.17, 15) is 5.11 Å². The second-order valence-corrected chi connectivity index (χ2v) is 5.20. The Labute approximate surface area is 119 Å². The fourth-order valence-corrected chi connectivity index (χ4v) is 2.86. The van der Waals surface area contributed by atoms with Gasteiger partial charge in [-0.25, -0.2) is 0 Å². The van der Waals surface area contributed by atoms with Crippen molar-refractivity contribution in [2.75, 3.05) is 12.4 Å². The predicted molar refractivity (Wildman–Crippen MR) is 80.4 cm³/mol. The number of aromatic hydroxyl groups is 1. The molecule has 0 bridgehead atoms. The molecule has 0 saturated heterocycles. The van der Waals surface area contributed by atoms with Crippen molar-refractivity contribution in [2.45, 2.75) is 25.3 Å². The van der Waals surface area contributed by atoms with E-state index in [1.165, 1.54) is 11.1 Å². The third-order valence-corrected chi connectivity index (χ3v) is 3.85. The van der Waals surface area contributed by atoms with E-state index in [0.717, 1.165) is 30.7 Å². The van der Waals surface area contributed by atoms with Gasteiger partial charge in [-0.1, -0.05) is 12.1 Å². The van der Waals surface area contributed by atoms with Gasteiger partial charge in [-0.05, 0) is 54.7 Å². The van der Waals surface area contributed by atoms with Gasteiger partial charge in [-0.2, -0.15) is 0 Å². The minimum absolute atomic E-state index is 0.292. The first-order valence-electron chi connectivity index (χ1n) is 6.98. The molecule has 0 radical (unpaired) electrons. The number of anilines is 1. The van der Waals surface area contributed by atoms with Crippen LogP contribution >= 0.6 is 0 Å². The third-order valence-electron chi connectivity index (χ3n) is 3.85. The topological polar surface area (TPSA) is 41.5 Å². The van der Waals surface area contributed by atoms with Crippen LogP contribution in [0.15, 0.2) is 42.5 Å². The molecular formula is C17H19NO2. The van der Waals surface area contributed by atoms with Gasteiger partial charge in [0.25, 0.3) is 0 Å². The van der Waals surface area contributed by atoms with Gasteiger partial charge < -0.3 is 15.2 Å². The van der Waals surface area contributed by atoms with Gasteiger partial charge in [0.2, 0.25) is 0 Å². The van der Waals surface area contributed by atoms with E-state index in [0.29, 0.717) is 11.8 Å². The maximum atomic E-state index is 9.55. The molecule has 3 nitrogen and oxygen atoms in total. The lowest BCUT2D eigenvalue weighted by Gasteiger charge is -2.27. The normalized spacial score (nSPS) is 17.4. The standard InChI is InChI=1S/C17H19NO2/c1-20-15-8-9-16-12(10-15)4-2-7-17(16)18-13-5-3-6-14(19)11-13/h3,5-6,8-11,17-19H,2,4,7H2,1H3. The van der Waals surface area contributed by atoms with Gasteiger partial charge in [0.05, 0.1) is 13.2 Å². The average Bonchev–Trinajstić information content (AvgIpc) is 2.47. The summed E-state index contributed by atoms with van der Waals surface area (Å²) in [6.45, 7) is 0. The first-order chi connectivity index (χ1) is 9.76. The maximum absolute atomic E-state index is 9.55. The number of phenolic OH excluding ortho intramolecular Hbond substituents is 1. The average molecular weight is 269 g/mol. The van der Waals surface area contributed by atoms with Crippen LogP contribution in [0, 0.1) is 0 Å². The Kier molecular flexibility index (Phi) is 3.50. The Morgan fingerprint density at radius 2 is 2.10 bits per heavy atom. The lowest BCUT2D eigenvalue weighted by Crippen LogP contribution is -2.17. The molecular weight excluding hydrogens is 250 g/mol. The highest BCUT2D eigenvalue weighted by atomic mass is 16.5. The Morgan fingerprint density at radius 3 is 2.90 bits per heavy atom. The number of ether oxygens (including phenoxy) is 1. The smallest absolute Gasteiger partial charge is 0.119 e. The molecule has 2 aromatic rings. The zero-order valence-corrected chi connectivity index (χ0v) is 11.6. The Balaban J connectivity index is 1.86. The van der Waals surface area contributed by atoms with Crippen LogP contribution in [0.5, 0.6) is 11.5 Å². The lowest BCUT2D eigenvalue weighted by atomic mass is 9.87. The molecule has 104 valence electrons. The Morgan fingerprint density at radius 1 is 1.20 bits per heavy atom. The lowest BCUT2D eigenvalue weighted by molar-refractivity contribution is 0.413. The number of benzene rings is 2. The molecule has 0 heterocycles. The van der Waals surface area contributed by atoms with Gasteiger partial charge >= 0.3 is 0 Å². The van der Waals surface area contributed by atoms with Crippen molar-refractivity contribution in [1.82, 2.24) is 0 Å². The number of aryl methyl sites for hydroxylation is 1. The summed E-state index contributed by atoms with van der Waals surface area (Å²) in [5, 5.41) is 13.1. The van der Waals surface area contributed by atoms with E-state index in [4.69, 9.17) is 4.74 Å². The van der Waals surface area contributed by atoms with Crippen molar-refractivity contribution in [3.05, 3.63) is 53.6 Å². The van der Waals surface area contributed by atoms with Crippen molar-refractivity contribution in [3.63, 3.8) is 0 Å². The predicted octanol–water partition coefficient (Wildman–Crippen LogP) is 3.89. The van der Waals surface area contributed by atoms with E-state index in [2.05, 4.69) is 17.4 Å². The van der Waals surface area contributed by atoms with Crippen molar-refractivity contribution in [1.29, 1.82) is 0 Å². The van der Waals surface area contributed by atoms with Gasteiger partial charge in [0.15, 0.2) is 0 Å². The highest BCUT2D eigenvalue weighted by molar-refractivity contribution is 5.51. The molecule has 0 fully saturated rings. The summed E-state index contributed by atoms with van der Waals surface area (Å²) in [5.74, 6) is 1.21. The van der Waals surface area contributed by atoms with Crippen LogP contribution < -0.4 is 10.1 Å². The molecule has 0 spiro atoms. The zero-order valence-electron chi connectivity index (χ0n) is 11.6. The zero-order chi connectivity index (χ0) is 13.9. The fraction of sp³-hybridized carbons (Fsp3) is 0.294. The molecule has 0 amide bonds. The molecule has 0 saturated carbocycles. The molecule has 20 heavy (non-hydrogen) atoms. The van der Waals surface area contributed by atoms with Crippen molar-refractivity contribution < 1.29 is 9.84 Å². The number of hydrogen-bond donors (Lipinski definition) is 2. The van der Waals surface area contributed by atoms with Crippen molar-refractivity contribution >= 4 is 5.69 Å². The fourth-order valence-electron chi connectivity index (χ4n) is 2.86. The van der Waals surface area contributed by atoms with E-state index < -0.39 is 0 Å². The highest BCUT2D eigenvalue weighted by Gasteiger charge is 2.20. The quantitative estimate of drug-likeness (QED) is 0.888. The van der Waals surface area contributed by atoms with Crippen LogP contribution in [0.4, 0.5) is 5.69 Å². The van der Waals surface area contributed by atoms with Crippen molar-refractivity contribution in [3.8, 4) is 11.5 Å². The van der Waals surface area contributed by atoms with E-state index in [-0.39, 0.29) is 0 Å². The second kappa shape index (κ2) is 5.45. The number of phenols is 1. The molecule has 3 rings (SSSR count). The Bertz CT molecular complexity index is 610. The summed E-state index contributed by atoms with van der Waals surface area (Å²) in [6.07, 6.45) is 3.37. The molecule has 0 aliphatic heterocycles. The van der Waals surface area contributed by atoms with Gasteiger partial charge in [-0.15, -0.1) is 0 Å². The number of rotatable bonds is 3. The SMILES string of the molecule is COc1ccc2c(c1)CCCC2Nc1cccc(O)c1. The largest absolute Gasteiger partial charge is 0.508 e.